The van der Waals surface area contributed by atoms with Crippen molar-refractivity contribution in [3.8, 4) is 11.1 Å². The van der Waals surface area contributed by atoms with E-state index in [-0.39, 0.29) is 0 Å². The van der Waals surface area contributed by atoms with Crippen molar-refractivity contribution in [1.82, 2.24) is 20.2 Å². The summed E-state index contributed by atoms with van der Waals surface area (Å²) in [5.74, 6) is 0.768. The van der Waals surface area contributed by atoms with E-state index in [4.69, 9.17) is 4.98 Å². The van der Waals surface area contributed by atoms with Crippen molar-refractivity contribution in [3.63, 3.8) is 0 Å². The zero-order valence-corrected chi connectivity index (χ0v) is 20.7. The fraction of sp³-hybridized carbons (Fsp3) is 0.241. The maximum Gasteiger partial charge on any atom is 0.134 e. The number of H-pyrrole nitrogens is 1. The first-order valence-electron chi connectivity index (χ1n) is 12.0. The van der Waals surface area contributed by atoms with Crippen LogP contribution in [-0.2, 0) is 12.8 Å². The van der Waals surface area contributed by atoms with Crippen LogP contribution >= 0.6 is 0 Å². The molecule has 0 spiro atoms. The quantitative estimate of drug-likeness (QED) is 0.311. The Bertz CT molecular complexity index is 1500. The third-order valence-electron chi connectivity index (χ3n) is 6.50. The van der Waals surface area contributed by atoms with Crippen LogP contribution in [0.1, 0.15) is 55.3 Å². The number of hydrogen-bond acceptors (Lipinski definition) is 5. The van der Waals surface area contributed by atoms with E-state index in [0.717, 1.165) is 45.8 Å². The van der Waals surface area contributed by atoms with E-state index in [1.54, 1.807) is 0 Å². The number of aromatic amines is 1. The second-order valence-electron chi connectivity index (χ2n) is 9.33. The lowest BCUT2D eigenvalue weighted by Crippen LogP contribution is -2.04. The van der Waals surface area contributed by atoms with Gasteiger partial charge in [-0.1, -0.05) is 24.8 Å². The van der Waals surface area contributed by atoms with Crippen molar-refractivity contribution in [1.29, 1.82) is 0 Å². The Hall–Kier alpha value is -4.06. The molecule has 6 heteroatoms. The number of nitrogens with one attached hydrogen (secondary N) is 2. The van der Waals surface area contributed by atoms with Gasteiger partial charge in [-0.2, -0.15) is 5.10 Å². The molecule has 6 nitrogen and oxygen atoms in total. The van der Waals surface area contributed by atoms with Crippen LogP contribution in [0.2, 0.25) is 0 Å². The fourth-order valence-corrected chi connectivity index (χ4v) is 4.54. The third-order valence-corrected chi connectivity index (χ3v) is 6.50. The smallest absolute Gasteiger partial charge is 0.134 e. The number of pyridine rings is 2. The van der Waals surface area contributed by atoms with Crippen molar-refractivity contribution in [2.45, 2.75) is 47.0 Å². The molecule has 176 valence electrons. The van der Waals surface area contributed by atoms with E-state index < -0.39 is 0 Å². The largest absolute Gasteiger partial charge is 0.339 e. The molecule has 0 bridgehead atoms. The average Bonchev–Trinajstić information content (AvgIpc) is 3.49. The number of rotatable bonds is 6. The summed E-state index contributed by atoms with van der Waals surface area (Å²) in [6.45, 7) is 12.3. The molecule has 0 amide bonds. The summed E-state index contributed by atoms with van der Waals surface area (Å²) in [7, 11) is 0. The number of benzene rings is 1. The normalized spacial score (nSPS) is 13.1. The van der Waals surface area contributed by atoms with Gasteiger partial charge in [-0.05, 0) is 98.5 Å². The number of aliphatic imine (C=N–C) groups is 1. The lowest BCUT2D eigenvalue weighted by atomic mass is 9.98. The maximum absolute atomic E-state index is 4.84. The van der Waals surface area contributed by atoms with Crippen LogP contribution < -0.4 is 5.32 Å². The Kier molecular flexibility index (Phi) is 6.03. The molecular formula is C29H30N6. The molecule has 1 aliphatic rings. The molecule has 0 unspecified atom stereocenters. The Morgan fingerprint density at radius 3 is 2.74 bits per heavy atom. The molecular weight excluding hydrogens is 432 g/mol. The first-order chi connectivity index (χ1) is 16.9. The zero-order chi connectivity index (χ0) is 24.5. The summed E-state index contributed by atoms with van der Waals surface area (Å²) in [6, 6.07) is 12.9. The summed E-state index contributed by atoms with van der Waals surface area (Å²) in [4.78, 5) is 13.8. The minimum absolute atomic E-state index is 0.645. The summed E-state index contributed by atoms with van der Waals surface area (Å²) in [5.41, 5.74) is 12.2. The van der Waals surface area contributed by atoms with E-state index in [0.29, 0.717) is 11.4 Å². The first-order valence-corrected chi connectivity index (χ1v) is 12.0. The topological polar surface area (TPSA) is 78.9 Å². The molecule has 0 fully saturated rings. The Balaban J connectivity index is 1.45. The van der Waals surface area contributed by atoms with Crippen molar-refractivity contribution in [2.24, 2.45) is 4.99 Å². The van der Waals surface area contributed by atoms with Crippen LogP contribution in [0.3, 0.4) is 0 Å². The first kappa shape index (κ1) is 22.7. The molecule has 35 heavy (non-hydrogen) atoms. The van der Waals surface area contributed by atoms with Gasteiger partial charge in [0.1, 0.15) is 17.0 Å². The van der Waals surface area contributed by atoms with E-state index in [1.165, 1.54) is 35.1 Å². The minimum atomic E-state index is 0.645. The number of anilines is 1. The van der Waals surface area contributed by atoms with Gasteiger partial charge >= 0.3 is 0 Å². The van der Waals surface area contributed by atoms with E-state index >= 15 is 0 Å². The van der Waals surface area contributed by atoms with Crippen molar-refractivity contribution in [2.75, 3.05) is 5.32 Å². The van der Waals surface area contributed by atoms with Gasteiger partial charge in [-0.15, -0.1) is 0 Å². The predicted octanol–water partition coefficient (Wildman–Crippen LogP) is 6.74. The summed E-state index contributed by atoms with van der Waals surface area (Å²) >= 11 is 0. The van der Waals surface area contributed by atoms with Gasteiger partial charge in [0, 0.05) is 18.1 Å². The predicted molar refractivity (Wildman–Crippen MR) is 145 cm³/mol. The monoisotopic (exact) mass is 462 g/mol. The van der Waals surface area contributed by atoms with Gasteiger partial charge in [-0.3, -0.25) is 10.1 Å². The lowest BCUT2D eigenvalue weighted by Gasteiger charge is -2.14. The second-order valence-corrected chi connectivity index (χ2v) is 9.33. The van der Waals surface area contributed by atoms with Crippen molar-refractivity contribution >= 4 is 33.8 Å². The highest BCUT2D eigenvalue weighted by atomic mass is 15.2. The van der Waals surface area contributed by atoms with Gasteiger partial charge < -0.3 is 5.32 Å². The Labute approximate surface area is 206 Å². The highest BCUT2D eigenvalue weighted by molar-refractivity contribution is 5.91. The number of hydrogen-bond donors (Lipinski definition) is 2. The molecule has 1 aliphatic carbocycles. The number of aromatic nitrogens is 4. The molecule has 3 aromatic heterocycles. The van der Waals surface area contributed by atoms with E-state index in [1.807, 2.05) is 45.3 Å². The van der Waals surface area contributed by atoms with Crippen LogP contribution in [0, 0.1) is 6.92 Å². The number of aryl methyl sites for hydroxylation is 2. The van der Waals surface area contributed by atoms with Crippen LogP contribution in [0.4, 0.5) is 5.82 Å². The van der Waals surface area contributed by atoms with Gasteiger partial charge in [0.2, 0.25) is 0 Å². The number of allylic oxidation sites excluding steroid dienone is 1. The van der Waals surface area contributed by atoms with Crippen LogP contribution in [0.15, 0.2) is 60.4 Å². The van der Waals surface area contributed by atoms with Gasteiger partial charge in [-0.25, -0.2) is 9.97 Å². The molecule has 0 radical (unpaired) electrons. The molecule has 2 N–H and O–H groups in total. The summed E-state index contributed by atoms with van der Waals surface area (Å²) < 4.78 is 0. The number of fused-ring (bicyclic) bond motifs is 2. The molecule has 0 saturated carbocycles. The van der Waals surface area contributed by atoms with Crippen LogP contribution in [-0.4, -0.2) is 25.9 Å². The van der Waals surface area contributed by atoms with Crippen LogP contribution in [0.25, 0.3) is 33.4 Å². The zero-order valence-electron chi connectivity index (χ0n) is 20.7. The maximum atomic E-state index is 4.84. The van der Waals surface area contributed by atoms with Crippen molar-refractivity contribution < 1.29 is 0 Å². The second kappa shape index (κ2) is 9.29. The molecule has 1 aromatic carbocycles. The Morgan fingerprint density at radius 1 is 1.09 bits per heavy atom. The lowest BCUT2D eigenvalue weighted by molar-refractivity contribution is 0.912. The van der Waals surface area contributed by atoms with Crippen molar-refractivity contribution in [3.05, 3.63) is 83.5 Å². The molecule has 3 heterocycles. The fourth-order valence-electron chi connectivity index (χ4n) is 4.54. The summed E-state index contributed by atoms with van der Waals surface area (Å²) in [5, 5.41) is 10.9. The minimum Gasteiger partial charge on any atom is -0.339 e. The highest BCUT2D eigenvalue weighted by Crippen LogP contribution is 2.32. The summed E-state index contributed by atoms with van der Waals surface area (Å²) in [6.07, 6.45) is 7.28. The van der Waals surface area contributed by atoms with Gasteiger partial charge in [0.25, 0.3) is 0 Å². The highest BCUT2D eigenvalue weighted by Gasteiger charge is 2.16. The Morgan fingerprint density at radius 2 is 1.91 bits per heavy atom. The molecule has 4 aromatic rings. The molecule has 0 aliphatic heterocycles. The van der Waals surface area contributed by atoms with Gasteiger partial charge in [0.05, 0.1) is 16.9 Å². The van der Waals surface area contributed by atoms with Crippen LogP contribution in [0.5, 0.6) is 0 Å². The third kappa shape index (κ3) is 4.52. The SMILES string of the molecule is C=C(Nc1nccc(-c2ccc3c(c2)CCC3)c1C)c1n[nH]c2ccc(/C(C)=C/N=C(C)C)nc12. The van der Waals surface area contributed by atoms with E-state index in [2.05, 4.69) is 63.3 Å². The van der Waals surface area contributed by atoms with E-state index in [9.17, 15) is 0 Å². The number of nitrogens with zero attached hydrogens (tertiary/aromatic N) is 4. The standard InChI is InChI=1S/C29H30N6/c1-17(2)31-16-18(3)25-11-12-26-28(33-25)27(35-34-26)20(5)32-29-19(4)24(13-14-30-29)23-10-9-21-7-6-8-22(21)15-23/h9-16H,5-8H2,1-4H3,(H,30,32)(H,34,35)/b18-16+. The molecule has 0 saturated heterocycles. The molecule has 5 rings (SSSR count). The van der Waals surface area contributed by atoms with Gasteiger partial charge in [0.15, 0.2) is 0 Å². The average molecular weight is 463 g/mol. The molecule has 0 atom stereocenters.